The van der Waals surface area contributed by atoms with Crippen LogP contribution in [0.15, 0.2) is 72.8 Å². The topological polar surface area (TPSA) is 73.9 Å². The second kappa shape index (κ2) is 14.6. The van der Waals surface area contributed by atoms with Gasteiger partial charge in [-0.2, -0.15) is 0 Å². The molecule has 0 bridgehead atoms. The predicted molar refractivity (Wildman–Crippen MR) is 142 cm³/mol. The van der Waals surface area contributed by atoms with Gasteiger partial charge in [-0.05, 0) is 85.6 Å². The number of carbonyl (C=O) groups is 2. The summed E-state index contributed by atoms with van der Waals surface area (Å²) < 4.78 is 16.8. The molecular weight excluding hydrogens is 454 g/mol. The maximum atomic E-state index is 12.6. The molecule has 190 valence electrons. The number of unbranched alkanes of at least 4 members (excludes halogenated alkanes) is 4. The van der Waals surface area contributed by atoms with E-state index in [1.165, 1.54) is 0 Å². The van der Waals surface area contributed by atoms with Crippen LogP contribution in [-0.4, -0.2) is 25.1 Å². The SMILES string of the molecule is CCCCCOc1ccc(OC(=O)c2ccc(NC(=O)c3ccc(OCCCCC)cc3)cc2)cc1. The highest BCUT2D eigenvalue weighted by molar-refractivity contribution is 6.04. The number of nitrogens with one attached hydrogen (secondary N) is 1. The van der Waals surface area contributed by atoms with Gasteiger partial charge in [0, 0.05) is 11.3 Å². The third-order valence-corrected chi connectivity index (χ3v) is 5.56. The molecule has 0 aliphatic carbocycles. The van der Waals surface area contributed by atoms with Crippen molar-refractivity contribution in [1.29, 1.82) is 0 Å². The molecule has 0 fully saturated rings. The molecule has 0 saturated carbocycles. The van der Waals surface area contributed by atoms with Crippen molar-refractivity contribution in [3.05, 3.63) is 83.9 Å². The third kappa shape index (κ3) is 8.77. The molecule has 0 saturated heterocycles. The van der Waals surface area contributed by atoms with E-state index in [0.717, 1.165) is 50.0 Å². The van der Waals surface area contributed by atoms with Gasteiger partial charge in [0.1, 0.15) is 17.2 Å². The minimum absolute atomic E-state index is 0.236. The zero-order valence-corrected chi connectivity index (χ0v) is 21.1. The number of anilines is 1. The van der Waals surface area contributed by atoms with Crippen LogP contribution in [0.25, 0.3) is 0 Å². The lowest BCUT2D eigenvalue weighted by atomic mass is 10.1. The Morgan fingerprint density at radius 1 is 0.611 bits per heavy atom. The highest BCUT2D eigenvalue weighted by atomic mass is 16.5. The van der Waals surface area contributed by atoms with Crippen molar-refractivity contribution in [2.45, 2.75) is 52.4 Å². The van der Waals surface area contributed by atoms with Crippen molar-refractivity contribution < 1.29 is 23.8 Å². The van der Waals surface area contributed by atoms with Gasteiger partial charge in [-0.3, -0.25) is 4.79 Å². The van der Waals surface area contributed by atoms with Crippen LogP contribution in [0.4, 0.5) is 5.69 Å². The lowest BCUT2D eigenvalue weighted by molar-refractivity contribution is 0.0734. The summed E-state index contributed by atoms with van der Waals surface area (Å²) in [5, 5.41) is 2.84. The highest BCUT2D eigenvalue weighted by Crippen LogP contribution is 2.20. The second-order valence-corrected chi connectivity index (χ2v) is 8.53. The molecule has 0 heterocycles. The molecule has 3 aromatic carbocycles. The van der Waals surface area contributed by atoms with Gasteiger partial charge in [-0.15, -0.1) is 0 Å². The van der Waals surface area contributed by atoms with Crippen molar-refractivity contribution in [3.8, 4) is 17.2 Å². The van der Waals surface area contributed by atoms with Gasteiger partial charge in [0.15, 0.2) is 0 Å². The molecule has 0 aromatic heterocycles. The summed E-state index contributed by atoms with van der Waals surface area (Å²) in [5.74, 6) is 1.23. The number of benzene rings is 3. The summed E-state index contributed by atoms with van der Waals surface area (Å²) in [5.41, 5.74) is 1.50. The fourth-order valence-electron chi connectivity index (χ4n) is 3.45. The Bertz CT molecular complexity index is 1080. The molecule has 0 aliphatic rings. The van der Waals surface area contributed by atoms with Crippen LogP contribution in [0.1, 0.15) is 73.1 Å². The number of hydrogen-bond donors (Lipinski definition) is 1. The fourth-order valence-corrected chi connectivity index (χ4v) is 3.45. The average molecular weight is 490 g/mol. The number of carbonyl (C=O) groups excluding carboxylic acids is 2. The van der Waals surface area contributed by atoms with E-state index in [9.17, 15) is 9.59 Å². The van der Waals surface area contributed by atoms with E-state index in [2.05, 4.69) is 19.2 Å². The molecular formula is C30H35NO5. The van der Waals surface area contributed by atoms with Crippen molar-refractivity contribution >= 4 is 17.6 Å². The van der Waals surface area contributed by atoms with Crippen LogP contribution in [0.5, 0.6) is 17.2 Å². The molecule has 6 heteroatoms. The maximum absolute atomic E-state index is 12.6. The minimum Gasteiger partial charge on any atom is -0.494 e. The summed E-state index contributed by atoms with van der Waals surface area (Å²) in [6.45, 7) is 5.65. The first-order chi connectivity index (χ1) is 17.6. The Morgan fingerprint density at radius 3 is 1.61 bits per heavy atom. The smallest absolute Gasteiger partial charge is 0.343 e. The standard InChI is InChI=1S/C30H35NO5/c1-3-5-7-21-34-26-15-11-23(12-16-26)29(32)31-25-13-9-24(10-14-25)30(33)36-28-19-17-27(18-20-28)35-22-8-6-4-2/h9-20H,3-8,21-22H2,1-2H3,(H,31,32). The summed E-state index contributed by atoms with van der Waals surface area (Å²) in [6.07, 6.45) is 6.60. The Kier molecular flexibility index (Phi) is 10.8. The van der Waals surface area contributed by atoms with Gasteiger partial charge < -0.3 is 19.5 Å². The van der Waals surface area contributed by atoms with Crippen LogP contribution in [0.3, 0.4) is 0 Å². The normalized spacial score (nSPS) is 10.5. The molecule has 1 amide bonds. The lowest BCUT2D eigenvalue weighted by Crippen LogP contribution is -2.12. The molecule has 0 spiro atoms. The third-order valence-electron chi connectivity index (χ3n) is 5.56. The highest BCUT2D eigenvalue weighted by Gasteiger charge is 2.11. The molecule has 0 radical (unpaired) electrons. The average Bonchev–Trinajstić information content (AvgIpc) is 2.91. The van der Waals surface area contributed by atoms with E-state index in [1.807, 2.05) is 0 Å². The summed E-state index contributed by atoms with van der Waals surface area (Å²) in [4.78, 5) is 25.0. The zero-order chi connectivity index (χ0) is 25.6. The first kappa shape index (κ1) is 26.8. The molecule has 0 atom stereocenters. The van der Waals surface area contributed by atoms with Gasteiger partial charge in [-0.1, -0.05) is 39.5 Å². The van der Waals surface area contributed by atoms with E-state index in [-0.39, 0.29) is 5.91 Å². The Balaban J connectivity index is 1.47. The monoisotopic (exact) mass is 489 g/mol. The molecule has 6 nitrogen and oxygen atoms in total. The molecule has 36 heavy (non-hydrogen) atoms. The van der Waals surface area contributed by atoms with E-state index < -0.39 is 5.97 Å². The van der Waals surface area contributed by atoms with Crippen LogP contribution in [-0.2, 0) is 0 Å². The molecule has 0 aliphatic heterocycles. The van der Waals surface area contributed by atoms with Crippen LogP contribution >= 0.6 is 0 Å². The Hall–Kier alpha value is -3.80. The first-order valence-electron chi connectivity index (χ1n) is 12.7. The maximum Gasteiger partial charge on any atom is 0.343 e. The lowest BCUT2D eigenvalue weighted by Gasteiger charge is -2.09. The van der Waals surface area contributed by atoms with Gasteiger partial charge in [0.05, 0.1) is 18.8 Å². The van der Waals surface area contributed by atoms with Gasteiger partial charge in [0.25, 0.3) is 5.91 Å². The van der Waals surface area contributed by atoms with Crippen LogP contribution in [0, 0.1) is 0 Å². The molecule has 0 unspecified atom stereocenters. The number of rotatable bonds is 14. The van der Waals surface area contributed by atoms with E-state index in [4.69, 9.17) is 14.2 Å². The molecule has 1 N–H and O–H groups in total. The minimum atomic E-state index is -0.473. The summed E-state index contributed by atoms with van der Waals surface area (Å²) >= 11 is 0. The summed E-state index contributed by atoms with van der Waals surface area (Å²) in [7, 11) is 0. The van der Waals surface area contributed by atoms with Crippen molar-refractivity contribution in [3.63, 3.8) is 0 Å². The van der Waals surface area contributed by atoms with Crippen molar-refractivity contribution in [1.82, 2.24) is 0 Å². The number of hydrogen-bond acceptors (Lipinski definition) is 5. The van der Waals surface area contributed by atoms with Gasteiger partial charge in [-0.25, -0.2) is 4.79 Å². The fraction of sp³-hybridized carbons (Fsp3) is 0.333. The number of amides is 1. The second-order valence-electron chi connectivity index (χ2n) is 8.53. The van der Waals surface area contributed by atoms with Crippen molar-refractivity contribution in [2.24, 2.45) is 0 Å². The van der Waals surface area contributed by atoms with Gasteiger partial charge in [0.2, 0.25) is 0 Å². The zero-order valence-electron chi connectivity index (χ0n) is 21.1. The quantitative estimate of drug-likeness (QED) is 0.146. The predicted octanol–water partition coefficient (Wildman–Crippen LogP) is 7.30. The van der Waals surface area contributed by atoms with Crippen molar-refractivity contribution in [2.75, 3.05) is 18.5 Å². The van der Waals surface area contributed by atoms with E-state index in [0.29, 0.717) is 35.8 Å². The molecule has 3 rings (SSSR count). The van der Waals surface area contributed by atoms with Gasteiger partial charge >= 0.3 is 5.97 Å². The van der Waals surface area contributed by atoms with Crippen LogP contribution in [0.2, 0.25) is 0 Å². The largest absolute Gasteiger partial charge is 0.494 e. The molecule has 3 aromatic rings. The van der Waals surface area contributed by atoms with Crippen LogP contribution < -0.4 is 19.5 Å². The summed E-state index contributed by atoms with van der Waals surface area (Å²) in [6, 6.07) is 20.7. The number of esters is 1. The number of ether oxygens (including phenoxy) is 3. The van der Waals surface area contributed by atoms with E-state index >= 15 is 0 Å². The van der Waals surface area contributed by atoms with E-state index in [1.54, 1.807) is 72.8 Å². The Morgan fingerprint density at radius 2 is 1.08 bits per heavy atom. The Labute approximate surface area is 213 Å². The first-order valence-corrected chi connectivity index (χ1v) is 12.7.